The van der Waals surface area contributed by atoms with Crippen LogP contribution in [0, 0.1) is 0 Å². The summed E-state index contributed by atoms with van der Waals surface area (Å²) in [7, 11) is 0. The number of carbonyl (C=O) groups is 1. The molecule has 0 amide bonds. The zero-order chi connectivity index (χ0) is 16.0. The zero-order valence-electron chi connectivity index (χ0n) is 12.7. The number of hydrogen-bond acceptors (Lipinski definition) is 3. The zero-order valence-corrected chi connectivity index (χ0v) is 14.3. The van der Waals surface area contributed by atoms with Gasteiger partial charge in [-0.3, -0.25) is 0 Å². The van der Waals surface area contributed by atoms with Crippen LogP contribution in [0.2, 0.25) is 0 Å². The third kappa shape index (κ3) is 5.09. The predicted molar refractivity (Wildman–Crippen MR) is 85.5 cm³/mol. The molecule has 21 heavy (non-hydrogen) atoms. The lowest BCUT2D eigenvalue weighted by Gasteiger charge is -2.33. The summed E-state index contributed by atoms with van der Waals surface area (Å²) in [5.41, 5.74) is 0.665. The van der Waals surface area contributed by atoms with Gasteiger partial charge in [-0.2, -0.15) is 0 Å². The molecule has 118 valence electrons. The molecule has 0 aromatic heterocycles. The number of carboxylic acids is 1. The second kappa shape index (κ2) is 7.92. The standard InChI is InChI=1S/C16H23BrO4/c1-11(15(19)20)21-9-5-8-16(3,12(2)18)13-6-4-7-14(17)10-13/h4,6-7,10-12,18H,5,8-9H2,1-3H3,(H,19,20). The van der Waals surface area contributed by atoms with Gasteiger partial charge in [0.25, 0.3) is 0 Å². The third-order valence-corrected chi connectivity index (χ3v) is 4.46. The third-order valence-electron chi connectivity index (χ3n) is 3.96. The monoisotopic (exact) mass is 358 g/mol. The van der Waals surface area contributed by atoms with Crippen molar-refractivity contribution in [3.05, 3.63) is 34.3 Å². The first-order valence-corrected chi connectivity index (χ1v) is 7.85. The fraction of sp³-hybridized carbons (Fsp3) is 0.562. The molecule has 3 atom stereocenters. The number of aliphatic carboxylic acids is 1. The van der Waals surface area contributed by atoms with E-state index in [9.17, 15) is 9.90 Å². The van der Waals surface area contributed by atoms with Gasteiger partial charge in [0, 0.05) is 16.5 Å². The first kappa shape index (κ1) is 18.1. The molecule has 3 unspecified atom stereocenters. The maximum Gasteiger partial charge on any atom is 0.332 e. The van der Waals surface area contributed by atoms with Crippen molar-refractivity contribution in [2.75, 3.05) is 6.61 Å². The van der Waals surface area contributed by atoms with E-state index in [1.165, 1.54) is 6.92 Å². The summed E-state index contributed by atoms with van der Waals surface area (Å²) < 4.78 is 6.22. The van der Waals surface area contributed by atoms with E-state index >= 15 is 0 Å². The van der Waals surface area contributed by atoms with E-state index < -0.39 is 18.2 Å². The van der Waals surface area contributed by atoms with E-state index in [1.54, 1.807) is 6.92 Å². The summed E-state index contributed by atoms with van der Waals surface area (Å²) >= 11 is 3.45. The van der Waals surface area contributed by atoms with Crippen LogP contribution in [-0.2, 0) is 14.9 Å². The quantitative estimate of drug-likeness (QED) is 0.699. The fourth-order valence-corrected chi connectivity index (χ4v) is 2.61. The average Bonchev–Trinajstić information content (AvgIpc) is 2.42. The van der Waals surface area contributed by atoms with Gasteiger partial charge in [0.05, 0.1) is 6.10 Å². The lowest BCUT2D eigenvalue weighted by molar-refractivity contribution is -0.149. The number of benzene rings is 1. The van der Waals surface area contributed by atoms with Gasteiger partial charge in [-0.15, -0.1) is 0 Å². The van der Waals surface area contributed by atoms with Crippen LogP contribution < -0.4 is 0 Å². The maximum absolute atomic E-state index is 10.7. The Bertz CT molecular complexity index is 475. The number of hydrogen-bond donors (Lipinski definition) is 2. The van der Waals surface area contributed by atoms with E-state index in [0.29, 0.717) is 19.4 Å². The molecule has 0 aliphatic rings. The molecule has 0 spiro atoms. The normalized spacial score (nSPS) is 17.0. The van der Waals surface area contributed by atoms with Gasteiger partial charge in [0.15, 0.2) is 6.10 Å². The van der Waals surface area contributed by atoms with Crippen LogP contribution >= 0.6 is 15.9 Å². The van der Waals surface area contributed by atoms with Crippen LogP contribution in [0.5, 0.6) is 0 Å². The molecule has 4 nitrogen and oxygen atoms in total. The molecule has 0 aliphatic carbocycles. The van der Waals surface area contributed by atoms with Crippen LogP contribution in [0.15, 0.2) is 28.7 Å². The highest BCUT2D eigenvalue weighted by atomic mass is 79.9. The molecule has 0 fully saturated rings. The highest BCUT2D eigenvalue weighted by molar-refractivity contribution is 9.10. The number of aliphatic hydroxyl groups is 1. The summed E-state index contributed by atoms with van der Waals surface area (Å²) in [4.78, 5) is 10.7. The molecule has 0 saturated heterocycles. The van der Waals surface area contributed by atoms with Gasteiger partial charge in [-0.1, -0.05) is 35.0 Å². The average molecular weight is 359 g/mol. The molecule has 0 saturated carbocycles. The minimum absolute atomic E-state index is 0.365. The minimum atomic E-state index is -0.958. The molecule has 1 aromatic rings. The molecular weight excluding hydrogens is 336 g/mol. The van der Waals surface area contributed by atoms with E-state index in [4.69, 9.17) is 9.84 Å². The predicted octanol–water partition coefficient (Wildman–Crippen LogP) is 3.36. The highest BCUT2D eigenvalue weighted by Gasteiger charge is 2.31. The number of carboxylic acid groups (broad SMARTS) is 1. The van der Waals surface area contributed by atoms with Crippen molar-refractivity contribution in [2.24, 2.45) is 0 Å². The smallest absolute Gasteiger partial charge is 0.332 e. The molecule has 0 aliphatic heterocycles. The van der Waals surface area contributed by atoms with E-state index in [-0.39, 0.29) is 5.41 Å². The van der Waals surface area contributed by atoms with Gasteiger partial charge < -0.3 is 14.9 Å². The minimum Gasteiger partial charge on any atom is -0.479 e. The maximum atomic E-state index is 10.7. The second-order valence-electron chi connectivity index (χ2n) is 5.56. The molecule has 1 aromatic carbocycles. The molecule has 0 heterocycles. The Labute approximate surface area is 134 Å². The van der Waals surface area contributed by atoms with Crippen molar-refractivity contribution in [3.63, 3.8) is 0 Å². The second-order valence-corrected chi connectivity index (χ2v) is 6.47. The lowest BCUT2D eigenvalue weighted by atomic mass is 9.74. The van der Waals surface area contributed by atoms with Crippen molar-refractivity contribution in [1.29, 1.82) is 0 Å². The summed E-state index contributed by atoms with van der Waals surface area (Å²) in [5, 5.41) is 18.9. The van der Waals surface area contributed by atoms with Crippen molar-refractivity contribution in [2.45, 2.75) is 51.2 Å². The van der Waals surface area contributed by atoms with Crippen LogP contribution in [-0.4, -0.2) is 35.0 Å². The van der Waals surface area contributed by atoms with E-state index in [2.05, 4.69) is 15.9 Å². The number of ether oxygens (including phenoxy) is 1. The molecule has 1 rings (SSSR count). The van der Waals surface area contributed by atoms with Gasteiger partial charge in [-0.05, 0) is 44.4 Å². The Hall–Kier alpha value is -0.910. The first-order chi connectivity index (χ1) is 9.77. The van der Waals surface area contributed by atoms with Gasteiger partial charge in [-0.25, -0.2) is 4.79 Å². The number of aliphatic hydroxyl groups excluding tert-OH is 1. The van der Waals surface area contributed by atoms with Gasteiger partial charge in [0.1, 0.15) is 0 Å². The molecule has 2 N–H and O–H groups in total. The lowest BCUT2D eigenvalue weighted by Crippen LogP contribution is -2.35. The summed E-state index contributed by atoms with van der Waals surface area (Å²) in [6, 6.07) is 7.90. The van der Waals surface area contributed by atoms with Gasteiger partial charge >= 0.3 is 5.97 Å². The SMILES string of the molecule is CC(OCCCC(C)(c1cccc(Br)c1)C(C)O)C(=O)O. The largest absolute Gasteiger partial charge is 0.479 e. The Morgan fingerprint density at radius 3 is 2.62 bits per heavy atom. The Morgan fingerprint density at radius 2 is 2.10 bits per heavy atom. The Balaban J connectivity index is 2.67. The molecule has 0 bridgehead atoms. The summed E-state index contributed by atoms with van der Waals surface area (Å²) in [5.74, 6) is -0.958. The number of rotatable bonds is 8. The fourth-order valence-electron chi connectivity index (χ4n) is 2.21. The molecule has 0 radical (unpaired) electrons. The topological polar surface area (TPSA) is 66.8 Å². The molecule has 5 heteroatoms. The van der Waals surface area contributed by atoms with Crippen LogP contribution in [0.1, 0.15) is 39.2 Å². The first-order valence-electron chi connectivity index (χ1n) is 7.06. The van der Waals surface area contributed by atoms with Crippen molar-refractivity contribution in [3.8, 4) is 0 Å². The molecular formula is C16H23BrO4. The Morgan fingerprint density at radius 1 is 1.43 bits per heavy atom. The highest BCUT2D eigenvalue weighted by Crippen LogP contribution is 2.34. The summed E-state index contributed by atoms with van der Waals surface area (Å²) in [6.07, 6.45) is 0.0938. The van der Waals surface area contributed by atoms with Crippen molar-refractivity contribution >= 4 is 21.9 Å². The van der Waals surface area contributed by atoms with Crippen LogP contribution in [0.3, 0.4) is 0 Å². The van der Waals surface area contributed by atoms with E-state index in [0.717, 1.165) is 10.0 Å². The van der Waals surface area contributed by atoms with Gasteiger partial charge in [0.2, 0.25) is 0 Å². The van der Waals surface area contributed by atoms with Crippen LogP contribution in [0.4, 0.5) is 0 Å². The van der Waals surface area contributed by atoms with Crippen LogP contribution in [0.25, 0.3) is 0 Å². The number of halogens is 1. The van der Waals surface area contributed by atoms with Crippen molar-refractivity contribution in [1.82, 2.24) is 0 Å². The van der Waals surface area contributed by atoms with E-state index in [1.807, 2.05) is 31.2 Å². The Kier molecular flexibility index (Phi) is 6.84. The van der Waals surface area contributed by atoms with Crippen molar-refractivity contribution < 1.29 is 19.7 Å². The summed E-state index contributed by atoms with van der Waals surface area (Å²) in [6.45, 7) is 5.68.